The molecule has 2 aliphatic carbocycles. The first-order valence-corrected chi connectivity index (χ1v) is 9.19. The van der Waals surface area contributed by atoms with Gasteiger partial charge in [0.1, 0.15) is 5.69 Å². The summed E-state index contributed by atoms with van der Waals surface area (Å²) in [6, 6.07) is 13.9. The molecule has 2 saturated carbocycles. The highest BCUT2D eigenvalue weighted by atomic mass is 16.6. The smallest absolute Gasteiger partial charge is 0.272 e. The van der Waals surface area contributed by atoms with Crippen molar-refractivity contribution < 1.29 is 9.85 Å². The first-order valence-electron chi connectivity index (χ1n) is 9.19. The molecule has 1 N–H and O–H groups in total. The minimum Gasteiger partial charge on any atom is -0.272 e. The summed E-state index contributed by atoms with van der Waals surface area (Å²) < 4.78 is 0. The Hall–Kier alpha value is -3.29. The summed E-state index contributed by atoms with van der Waals surface area (Å²) in [7, 11) is 0. The molecule has 0 radical (unpaired) electrons. The maximum Gasteiger partial charge on any atom is 0.301 e. The molecule has 0 saturated heterocycles. The van der Waals surface area contributed by atoms with E-state index in [0.717, 1.165) is 31.0 Å². The normalized spacial score (nSPS) is 27.1. The highest BCUT2D eigenvalue weighted by Crippen LogP contribution is 2.62. The van der Waals surface area contributed by atoms with Gasteiger partial charge in [0.25, 0.3) is 5.69 Å². The number of rotatable bonds is 5. The van der Waals surface area contributed by atoms with Gasteiger partial charge < -0.3 is 0 Å². The lowest BCUT2D eigenvalue weighted by Crippen LogP contribution is -2.25. The van der Waals surface area contributed by atoms with Gasteiger partial charge >= 0.3 is 5.69 Å². The Kier molecular flexibility index (Phi) is 4.33. The maximum atomic E-state index is 11.3. The highest BCUT2D eigenvalue weighted by molar-refractivity contribution is 5.95. The summed E-state index contributed by atoms with van der Waals surface area (Å²) in [6.45, 7) is 2.18. The Morgan fingerprint density at radius 2 is 1.86 bits per heavy atom. The summed E-state index contributed by atoms with van der Waals surface area (Å²) in [5, 5.41) is 26.7. The third-order valence-corrected chi connectivity index (χ3v) is 6.05. The van der Waals surface area contributed by atoms with Crippen molar-refractivity contribution in [1.82, 2.24) is 0 Å². The first kappa shape index (κ1) is 18.1. The maximum absolute atomic E-state index is 11.3. The number of hydrogen-bond acceptors (Lipinski definition) is 6. The second-order valence-corrected chi connectivity index (χ2v) is 7.75. The molecule has 0 bridgehead atoms. The molecular weight excluding hydrogens is 360 g/mol. The molecule has 0 unspecified atom stereocenters. The van der Waals surface area contributed by atoms with E-state index < -0.39 is 9.85 Å². The predicted octanol–water partition coefficient (Wildman–Crippen LogP) is 4.87. The number of anilines is 1. The van der Waals surface area contributed by atoms with Crippen LogP contribution in [0.2, 0.25) is 0 Å². The van der Waals surface area contributed by atoms with Crippen molar-refractivity contribution in [3.8, 4) is 0 Å². The van der Waals surface area contributed by atoms with Crippen molar-refractivity contribution >= 4 is 22.8 Å². The molecule has 3 atom stereocenters. The Labute approximate surface area is 161 Å². The summed E-state index contributed by atoms with van der Waals surface area (Å²) in [6.07, 6.45) is 2.99. The lowest BCUT2D eigenvalue weighted by Gasteiger charge is -2.28. The van der Waals surface area contributed by atoms with Crippen molar-refractivity contribution in [3.05, 3.63) is 74.3 Å². The molecule has 8 heteroatoms. The van der Waals surface area contributed by atoms with Crippen LogP contribution in [0.5, 0.6) is 0 Å². The fourth-order valence-electron chi connectivity index (χ4n) is 4.20. The van der Waals surface area contributed by atoms with Crippen LogP contribution in [-0.4, -0.2) is 15.6 Å². The molecule has 8 nitrogen and oxygen atoms in total. The standard InChI is InChI=1S/C20H20N4O4/c1-20-12-15(20)9-14(13-5-3-2-4-6-13)10-19(20)22-21-17-8-7-16(23(25)26)11-18(17)24(27)28/h2-8,11,14-15,21H,9-10,12H2,1H3/b22-19+/t14-,15-,20+/m1/s1. The summed E-state index contributed by atoms with van der Waals surface area (Å²) >= 11 is 0. The second-order valence-electron chi connectivity index (χ2n) is 7.75. The number of nitro groups is 2. The van der Waals surface area contributed by atoms with Gasteiger partial charge in [0.05, 0.1) is 15.9 Å². The monoisotopic (exact) mass is 380 g/mol. The van der Waals surface area contributed by atoms with Gasteiger partial charge in [-0.05, 0) is 42.7 Å². The molecular formula is C20H20N4O4. The van der Waals surface area contributed by atoms with Crippen LogP contribution in [0.15, 0.2) is 53.6 Å². The van der Waals surface area contributed by atoms with Gasteiger partial charge in [-0.1, -0.05) is 37.3 Å². The summed E-state index contributed by atoms with van der Waals surface area (Å²) in [5.41, 5.74) is 4.62. The second kappa shape index (κ2) is 6.70. The van der Waals surface area contributed by atoms with E-state index in [4.69, 9.17) is 0 Å². The van der Waals surface area contributed by atoms with E-state index >= 15 is 0 Å². The fourth-order valence-corrected chi connectivity index (χ4v) is 4.20. The van der Waals surface area contributed by atoms with E-state index in [1.54, 1.807) is 0 Å². The van der Waals surface area contributed by atoms with Gasteiger partial charge in [-0.25, -0.2) is 0 Å². The summed E-state index contributed by atoms with van der Waals surface area (Å²) in [4.78, 5) is 20.9. The molecule has 2 aromatic rings. The third kappa shape index (κ3) is 3.21. The third-order valence-electron chi connectivity index (χ3n) is 6.05. The Balaban J connectivity index is 1.60. The quantitative estimate of drug-likeness (QED) is 0.587. The lowest BCUT2D eigenvalue weighted by atomic mass is 9.78. The largest absolute Gasteiger partial charge is 0.301 e. The van der Waals surface area contributed by atoms with Crippen molar-refractivity contribution in [1.29, 1.82) is 0 Å². The zero-order valence-electron chi connectivity index (χ0n) is 15.4. The van der Waals surface area contributed by atoms with E-state index in [1.165, 1.54) is 17.7 Å². The van der Waals surface area contributed by atoms with Gasteiger partial charge in [-0.3, -0.25) is 25.7 Å². The minimum atomic E-state index is -0.649. The molecule has 2 fully saturated rings. The average Bonchev–Trinajstić information content (AvgIpc) is 3.37. The molecule has 4 rings (SSSR count). The van der Waals surface area contributed by atoms with Crippen LogP contribution in [-0.2, 0) is 0 Å². The fraction of sp³-hybridized carbons (Fsp3) is 0.350. The van der Waals surface area contributed by atoms with Gasteiger partial charge in [-0.2, -0.15) is 5.10 Å². The molecule has 0 aliphatic heterocycles. The van der Waals surface area contributed by atoms with Gasteiger partial charge in [0.2, 0.25) is 0 Å². The lowest BCUT2D eigenvalue weighted by molar-refractivity contribution is -0.393. The number of hydrogen-bond donors (Lipinski definition) is 1. The topological polar surface area (TPSA) is 111 Å². The molecule has 2 aromatic carbocycles. The molecule has 0 spiro atoms. The number of non-ortho nitro benzene ring substituents is 1. The molecule has 2 aliphatic rings. The Morgan fingerprint density at radius 1 is 1.11 bits per heavy atom. The van der Waals surface area contributed by atoms with Gasteiger partial charge in [-0.15, -0.1) is 0 Å². The zero-order valence-corrected chi connectivity index (χ0v) is 15.4. The van der Waals surface area contributed by atoms with Gasteiger partial charge in [0, 0.05) is 17.2 Å². The molecule has 0 aromatic heterocycles. The van der Waals surface area contributed by atoms with Crippen LogP contribution in [0.25, 0.3) is 0 Å². The molecule has 0 heterocycles. The van der Waals surface area contributed by atoms with Crippen molar-refractivity contribution in [3.63, 3.8) is 0 Å². The number of nitrogens with one attached hydrogen (secondary N) is 1. The molecule has 0 amide bonds. The van der Waals surface area contributed by atoms with Crippen LogP contribution in [0.4, 0.5) is 17.1 Å². The van der Waals surface area contributed by atoms with E-state index in [2.05, 4.69) is 29.6 Å². The first-order chi connectivity index (χ1) is 13.4. The zero-order chi connectivity index (χ0) is 19.9. The van der Waals surface area contributed by atoms with E-state index in [-0.39, 0.29) is 22.5 Å². The van der Waals surface area contributed by atoms with E-state index in [9.17, 15) is 20.2 Å². The predicted molar refractivity (Wildman–Crippen MR) is 105 cm³/mol. The highest BCUT2D eigenvalue weighted by Gasteiger charge is 2.57. The average molecular weight is 380 g/mol. The minimum absolute atomic E-state index is 0.0356. The Morgan fingerprint density at radius 3 is 2.54 bits per heavy atom. The number of fused-ring (bicyclic) bond motifs is 1. The van der Waals surface area contributed by atoms with Crippen molar-refractivity contribution in [2.45, 2.75) is 32.1 Å². The van der Waals surface area contributed by atoms with Crippen molar-refractivity contribution in [2.24, 2.45) is 16.4 Å². The van der Waals surface area contributed by atoms with Crippen LogP contribution in [0, 0.1) is 31.6 Å². The number of benzene rings is 2. The summed E-state index contributed by atoms with van der Waals surface area (Å²) in [5.74, 6) is 0.952. The number of hydrazone groups is 1. The van der Waals surface area contributed by atoms with Crippen LogP contribution < -0.4 is 5.43 Å². The van der Waals surface area contributed by atoms with Gasteiger partial charge in [0.15, 0.2) is 0 Å². The SMILES string of the molecule is C[C@]12C[C@H]1C[C@@H](c1ccccc1)C/C2=N\Nc1ccc([N+](=O)[O-])cc1[N+](=O)[O-]. The van der Waals surface area contributed by atoms with Crippen LogP contribution >= 0.6 is 0 Å². The number of nitro benzene ring substituents is 2. The Bertz CT molecular complexity index is 975. The van der Waals surface area contributed by atoms with E-state index in [0.29, 0.717) is 11.8 Å². The van der Waals surface area contributed by atoms with Crippen LogP contribution in [0.1, 0.15) is 37.7 Å². The molecule has 144 valence electrons. The number of nitrogens with zero attached hydrogens (tertiary/aromatic N) is 3. The van der Waals surface area contributed by atoms with E-state index in [1.807, 2.05) is 18.2 Å². The molecule has 28 heavy (non-hydrogen) atoms. The van der Waals surface area contributed by atoms with Crippen LogP contribution in [0.3, 0.4) is 0 Å². The van der Waals surface area contributed by atoms with Crippen molar-refractivity contribution in [2.75, 3.05) is 5.43 Å².